The molecule has 0 saturated heterocycles. The third-order valence-electron chi connectivity index (χ3n) is 4.14. The number of hydrogen-bond donors (Lipinski definition) is 1. The lowest BCUT2D eigenvalue weighted by Gasteiger charge is -2.06. The highest BCUT2D eigenvalue weighted by Crippen LogP contribution is 2.24. The summed E-state index contributed by atoms with van der Waals surface area (Å²) < 4.78 is 20.4. The highest BCUT2D eigenvalue weighted by atomic mass is 35.5. The van der Waals surface area contributed by atoms with Crippen molar-refractivity contribution in [1.29, 1.82) is 0 Å². The van der Waals surface area contributed by atoms with Crippen LogP contribution >= 0.6 is 23.4 Å². The van der Waals surface area contributed by atoms with E-state index >= 15 is 0 Å². The molecule has 0 unspecified atom stereocenters. The van der Waals surface area contributed by atoms with Crippen LogP contribution in [0.3, 0.4) is 0 Å². The normalized spacial score (nSPS) is 10.9. The van der Waals surface area contributed by atoms with Crippen molar-refractivity contribution in [2.45, 2.75) is 5.16 Å². The summed E-state index contributed by atoms with van der Waals surface area (Å²) in [6.45, 7) is 0. The Labute approximate surface area is 180 Å². The van der Waals surface area contributed by atoms with Gasteiger partial charge in [0.05, 0.1) is 23.6 Å². The zero-order chi connectivity index (χ0) is 21.1. The minimum absolute atomic E-state index is 0.00443. The van der Waals surface area contributed by atoms with E-state index in [2.05, 4.69) is 20.6 Å². The second-order valence-electron chi connectivity index (χ2n) is 6.17. The molecule has 0 saturated carbocycles. The van der Waals surface area contributed by atoms with Crippen molar-refractivity contribution in [3.8, 4) is 17.0 Å². The summed E-state index contributed by atoms with van der Waals surface area (Å²) in [5.41, 5.74) is 2.48. The summed E-state index contributed by atoms with van der Waals surface area (Å²) in [5.74, 6) is -0.138. The summed E-state index contributed by atoms with van der Waals surface area (Å²) in [6.07, 6.45) is 0. The largest absolute Gasteiger partial charge is 0.497 e. The number of aromatic nitrogens is 4. The van der Waals surface area contributed by atoms with Gasteiger partial charge < -0.3 is 10.1 Å². The van der Waals surface area contributed by atoms with Crippen LogP contribution in [-0.4, -0.2) is 38.6 Å². The maximum atomic E-state index is 13.5. The van der Waals surface area contributed by atoms with E-state index in [9.17, 15) is 9.18 Å². The van der Waals surface area contributed by atoms with Gasteiger partial charge in [-0.25, -0.2) is 4.39 Å². The van der Waals surface area contributed by atoms with Crippen molar-refractivity contribution in [2.24, 2.45) is 0 Å². The van der Waals surface area contributed by atoms with E-state index in [0.717, 1.165) is 11.3 Å². The van der Waals surface area contributed by atoms with Crippen molar-refractivity contribution in [3.05, 3.63) is 65.4 Å². The van der Waals surface area contributed by atoms with Crippen LogP contribution in [-0.2, 0) is 4.79 Å². The van der Waals surface area contributed by atoms with Gasteiger partial charge in [-0.1, -0.05) is 35.5 Å². The molecule has 1 N–H and O–H groups in total. The molecule has 0 aliphatic heterocycles. The Balaban J connectivity index is 1.50. The lowest BCUT2D eigenvalue weighted by atomic mass is 10.1. The van der Waals surface area contributed by atoms with E-state index in [1.54, 1.807) is 17.7 Å². The van der Waals surface area contributed by atoms with Gasteiger partial charge >= 0.3 is 0 Å². The van der Waals surface area contributed by atoms with Crippen molar-refractivity contribution < 1.29 is 13.9 Å². The Morgan fingerprint density at radius 2 is 2.07 bits per heavy atom. The molecule has 2 aromatic carbocycles. The molecule has 152 valence electrons. The number of ether oxygens (including phenoxy) is 1. The van der Waals surface area contributed by atoms with Crippen LogP contribution in [0, 0.1) is 5.82 Å². The van der Waals surface area contributed by atoms with Gasteiger partial charge in [0.15, 0.2) is 5.65 Å². The molecule has 1 amide bonds. The molecular weight excluding hydrogens is 429 g/mol. The number of anilines is 1. The number of carbonyl (C=O) groups is 1. The topological polar surface area (TPSA) is 81.4 Å². The molecule has 0 fully saturated rings. The maximum Gasteiger partial charge on any atom is 0.234 e. The summed E-state index contributed by atoms with van der Waals surface area (Å²) in [5, 5.41) is 15.8. The Hall–Kier alpha value is -3.17. The summed E-state index contributed by atoms with van der Waals surface area (Å²) in [6, 6.07) is 15.3. The first-order chi connectivity index (χ1) is 14.5. The fraction of sp³-hybridized carbons (Fsp3) is 0.100. The van der Waals surface area contributed by atoms with E-state index in [1.165, 1.54) is 30.0 Å². The second kappa shape index (κ2) is 8.68. The first kappa shape index (κ1) is 20.1. The number of methoxy groups -OCH3 is 1. The lowest BCUT2D eigenvalue weighted by Crippen LogP contribution is -2.14. The van der Waals surface area contributed by atoms with Gasteiger partial charge in [-0.15, -0.1) is 10.2 Å². The standard InChI is InChI=1S/C20H15ClFN5O2S/c1-29-14-4-2-3-12(9-14)17-7-8-18-24-25-20(27(18)26-17)30-11-19(28)23-13-5-6-15(21)16(22)10-13/h2-10H,11H2,1H3,(H,23,28). The summed E-state index contributed by atoms with van der Waals surface area (Å²) >= 11 is 6.82. The first-order valence-electron chi connectivity index (χ1n) is 8.78. The van der Waals surface area contributed by atoms with Crippen LogP contribution in [0.5, 0.6) is 5.75 Å². The molecule has 0 spiro atoms. The van der Waals surface area contributed by atoms with Gasteiger partial charge in [0.2, 0.25) is 11.1 Å². The molecule has 0 bridgehead atoms. The Kier molecular flexibility index (Phi) is 5.82. The SMILES string of the molecule is COc1cccc(-c2ccc3nnc(SCC(=O)Nc4ccc(Cl)c(F)c4)n3n2)c1. The average Bonchev–Trinajstić information content (AvgIpc) is 3.17. The van der Waals surface area contributed by atoms with Crippen LogP contribution in [0.4, 0.5) is 10.1 Å². The van der Waals surface area contributed by atoms with Crippen molar-refractivity contribution in [2.75, 3.05) is 18.2 Å². The first-order valence-corrected chi connectivity index (χ1v) is 10.1. The third kappa shape index (κ3) is 4.37. The molecule has 30 heavy (non-hydrogen) atoms. The van der Waals surface area contributed by atoms with Gasteiger partial charge in [0.1, 0.15) is 11.6 Å². The number of halogens is 2. The third-order valence-corrected chi connectivity index (χ3v) is 5.36. The second-order valence-corrected chi connectivity index (χ2v) is 7.52. The lowest BCUT2D eigenvalue weighted by molar-refractivity contribution is -0.113. The number of thioether (sulfide) groups is 1. The van der Waals surface area contributed by atoms with Gasteiger partial charge in [0.25, 0.3) is 0 Å². The minimum Gasteiger partial charge on any atom is -0.497 e. The van der Waals surface area contributed by atoms with E-state index in [1.807, 2.05) is 30.3 Å². The molecule has 4 aromatic rings. The predicted molar refractivity (Wildman–Crippen MR) is 114 cm³/mol. The van der Waals surface area contributed by atoms with Crippen LogP contribution in [0.2, 0.25) is 5.02 Å². The number of fused-ring (bicyclic) bond motifs is 1. The molecular formula is C20H15ClFN5O2S. The fourth-order valence-electron chi connectivity index (χ4n) is 2.70. The molecule has 10 heteroatoms. The monoisotopic (exact) mass is 443 g/mol. The van der Waals surface area contributed by atoms with Crippen molar-refractivity contribution in [3.63, 3.8) is 0 Å². The number of rotatable bonds is 6. The van der Waals surface area contributed by atoms with E-state index in [4.69, 9.17) is 16.3 Å². The molecule has 7 nitrogen and oxygen atoms in total. The van der Waals surface area contributed by atoms with Gasteiger partial charge in [-0.3, -0.25) is 4.79 Å². The maximum absolute atomic E-state index is 13.5. The van der Waals surface area contributed by atoms with Crippen molar-refractivity contribution >= 4 is 40.6 Å². The Morgan fingerprint density at radius 3 is 2.87 bits per heavy atom. The fourth-order valence-corrected chi connectivity index (χ4v) is 3.50. The number of hydrogen-bond acceptors (Lipinski definition) is 6. The quantitative estimate of drug-likeness (QED) is 0.447. The Bertz CT molecular complexity index is 1230. The highest BCUT2D eigenvalue weighted by molar-refractivity contribution is 7.99. The van der Waals surface area contributed by atoms with E-state index in [-0.39, 0.29) is 16.7 Å². The van der Waals surface area contributed by atoms with Crippen LogP contribution < -0.4 is 10.1 Å². The predicted octanol–water partition coefficient (Wildman–Crippen LogP) is 4.32. The number of benzene rings is 2. The molecule has 2 heterocycles. The molecule has 0 radical (unpaired) electrons. The van der Waals surface area contributed by atoms with Crippen LogP contribution in [0.25, 0.3) is 16.9 Å². The van der Waals surface area contributed by atoms with E-state index in [0.29, 0.717) is 22.2 Å². The number of amides is 1. The van der Waals surface area contributed by atoms with Crippen LogP contribution in [0.1, 0.15) is 0 Å². The number of nitrogens with zero attached hydrogens (tertiary/aromatic N) is 4. The van der Waals surface area contributed by atoms with Gasteiger partial charge in [-0.05, 0) is 42.5 Å². The molecule has 0 aliphatic rings. The number of carbonyl (C=O) groups excluding carboxylic acids is 1. The Morgan fingerprint density at radius 1 is 1.20 bits per heavy atom. The smallest absolute Gasteiger partial charge is 0.234 e. The minimum atomic E-state index is -0.597. The van der Waals surface area contributed by atoms with Gasteiger partial charge in [-0.2, -0.15) is 9.61 Å². The van der Waals surface area contributed by atoms with E-state index < -0.39 is 5.82 Å². The van der Waals surface area contributed by atoms with Gasteiger partial charge in [0, 0.05) is 11.3 Å². The molecule has 0 atom stereocenters. The van der Waals surface area contributed by atoms with Crippen molar-refractivity contribution in [1.82, 2.24) is 19.8 Å². The summed E-state index contributed by atoms with van der Waals surface area (Å²) in [7, 11) is 1.60. The summed E-state index contributed by atoms with van der Waals surface area (Å²) in [4.78, 5) is 12.2. The molecule has 4 rings (SSSR count). The average molecular weight is 444 g/mol. The number of nitrogens with one attached hydrogen (secondary N) is 1. The highest BCUT2D eigenvalue weighted by Gasteiger charge is 2.13. The molecule has 0 aliphatic carbocycles. The molecule has 2 aromatic heterocycles. The zero-order valence-corrected chi connectivity index (χ0v) is 17.2. The van der Waals surface area contributed by atoms with Crippen LogP contribution in [0.15, 0.2) is 59.8 Å². The zero-order valence-electron chi connectivity index (χ0n) is 15.7.